The van der Waals surface area contributed by atoms with Crippen LogP contribution in [0.25, 0.3) is 0 Å². The highest BCUT2D eigenvalue weighted by Crippen LogP contribution is 2.15. The van der Waals surface area contributed by atoms with Gasteiger partial charge in [-0.2, -0.15) is 10.1 Å². The van der Waals surface area contributed by atoms with Crippen LogP contribution in [0, 0.1) is 0 Å². The van der Waals surface area contributed by atoms with Gasteiger partial charge in [-0.3, -0.25) is 10.5 Å². The first-order chi connectivity index (χ1) is 8.75. The van der Waals surface area contributed by atoms with Gasteiger partial charge in [-0.05, 0) is 18.2 Å². The molecular weight excluding hydrogens is 230 g/mol. The van der Waals surface area contributed by atoms with Gasteiger partial charge in [0.05, 0.1) is 11.8 Å². The van der Waals surface area contributed by atoms with Crippen molar-refractivity contribution in [2.75, 3.05) is 0 Å². The summed E-state index contributed by atoms with van der Waals surface area (Å²) in [6, 6.07) is 11.1. The first-order valence-corrected chi connectivity index (χ1v) is 5.58. The number of amidine groups is 1. The van der Waals surface area contributed by atoms with Crippen LogP contribution in [0.15, 0.2) is 47.1 Å². The van der Waals surface area contributed by atoms with E-state index in [9.17, 15) is 4.79 Å². The van der Waals surface area contributed by atoms with Crippen LogP contribution in [-0.2, 0) is 6.54 Å². The van der Waals surface area contributed by atoms with Crippen LogP contribution < -0.4 is 11.2 Å². The van der Waals surface area contributed by atoms with E-state index >= 15 is 0 Å². The second-order valence-electron chi connectivity index (χ2n) is 4.05. The number of carbonyl (C=O) groups is 1. The maximum Gasteiger partial charge on any atom is 0.321 e. The van der Waals surface area contributed by atoms with Gasteiger partial charge >= 0.3 is 5.91 Å². The van der Waals surface area contributed by atoms with Crippen molar-refractivity contribution in [1.82, 2.24) is 5.43 Å². The molecule has 2 aromatic rings. The van der Waals surface area contributed by atoms with E-state index in [1.807, 2.05) is 24.3 Å². The Morgan fingerprint density at radius 2 is 2.11 bits per heavy atom. The molecule has 0 bridgehead atoms. The van der Waals surface area contributed by atoms with Crippen LogP contribution >= 0.6 is 0 Å². The highest BCUT2D eigenvalue weighted by atomic mass is 16.3. The van der Waals surface area contributed by atoms with Gasteiger partial charge in [0.15, 0.2) is 5.76 Å². The molecule has 0 saturated heterocycles. The van der Waals surface area contributed by atoms with Crippen LogP contribution in [0.3, 0.4) is 0 Å². The zero-order valence-corrected chi connectivity index (χ0v) is 9.59. The molecule has 3 N–H and O–H groups in total. The normalized spacial score (nSPS) is 13.6. The zero-order valence-electron chi connectivity index (χ0n) is 9.59. The Labute approximate surface area is 103 Å². The molecule has 5 nitrogen and oxygen atoms in total. The Kier molecular flexibility index (Phi) is 2.37. The molecule has 5 heteroatoms. The summed E-state index contributed by atoms with van der Waals surface area (Å²) in [5, 5.41) is 0. The number of furan rings is 1. The Balaban J connectivity index is 1.84. The Bertz CT molecular complexity index is 629. The number of carbonyl (C=O) groups excluding carboxylic acids is 1. The Hall–Kier alpha value is -2.56. The highest BCUT2D eigenvalue weighted by Gasteiger charge is 2.26. The predicted molar refractivity (Wildman–Crippen MR) is 64.9 cm³/mol. The summed E-state index contributed by atoms with van der Waals surface area (Å²) in [5.74, 6) is 0.500. The van der Waals surface area contributed by atoms with E-state index < -0.39 is 0 Å². The van der Waals surface area contributed by atoms with Crippen molar-refractivity contribution in [1.29, 1.82) is 0 Å². The highest BCUT2D eigenvalue weighted by molar-refractivity contribution is 5.97. The number of nitrogens with one attached hydrogen (secondary N) is 1. The molecule has 1 aliphatic rings. The average molecular weight is 242 g/mol. The standard InChI is InChI=1S/C13H11N3O2/c14-12-10-5-2-1-4-9(10)8-16(12)15-13(17)11-6-3-7-18-11/h1-7,14H,8H2,(H,15,17)/p+1. The quantitative estimate of drug-likeness (QED) is 0.767. The van der Waals surface area contributed by atoms with Crippen LogP contribution in [0.1, 0.15) is 21.7 Å². The second-order valence-corrected chi connectivity index (χ2v) is 4.05. The molecule has 18 heavy (non-hydrogen) atoms. The molecule has 90 valence electrons. The largest absolute Gasteiger partial charge is 0.459 e. The lowest BCUT2D eigenvalue weighted by Gasteiger charge is -2.02. The van der Waals surface area contributed by atoms with Crippen LogP contribution in [0.2, 0.25) is 0 Å². The van der Waals surface area contributed by atoms with Crippen LogP contribution in [-0.4, -0.2) is 16.4 Å². The van der Waals surface area contributed by atoms with Gasteiger partial charge in [-0.25, -0.2) is 0 Å². The number of hydrazone groups is 1. The third kappa shape index (κ3) is 1.66. The zero-order chi connectivity index (χ0) is 12.5. The van der Waals surface area contributed by atoms with Gasteiger partial charge in [0.1, 0.15) is 6.54 Å². The Morgan fingerprint density at radius 3 is 2.83 bits per heavy atom. The maximum atomic E-state index is 11.8. The molecule has 3 rings (SSSR count). The summed E-state index contributed by atoms with van der Waals surface area (Å²) >= 11 is 0. The van der Waals surface area contributed by atoms with Gasteiger partial charge in [0.2, 0.25) is 0 Å². The molecule has 1 aromatic carbocycles. The molecule has 0 atom stereocenters. The third-order valence-electron chi connectivity index (χ3n) is 2.89. The van der Waals surface area contributed by atoms with E-state index in [0.717, 1.165) is 11.1 Å². The fourth-order valence-electron chi connectivity index (χ4n) is 1.99. The molecule has 0 unspecified atom stereocenters. The predicted octanol–water partition coefficient (Wildman–Crippen LogP) is 0.856. The van der Waals surface area contributed by atoms with Crippen molar-refractivity contribution in [2.24, 2.45) is 5.73 Å². The summed E-state index contributed by atoms with van der Waals surface area (Å²) in [7, 11) is 0. The van der Waals surface area contributed by atoms with E-state index in [1.54, 1.807) is 16.8 Å². The number of fused-ring (bicyclic) bond motifs is 1. The number of rotatable bonds is 2. The molecule has 0 saturated carbocycles. The molecule has 1 aliphatic heterocycles. The van der Waals surface area contributed by atoms with Crippen molar-refractivity contribution in [3.8, 4) is 0 Å². The minimum Gasteiger partial charge on any atom is -0.459 e. The van der Waals surface area contributed by atoms with Gasteiger partial charge in [0, 0.05) is 5.56 Å². The molecular formula is C13H12N3O2+. The van der Waals surface area contributed by atoms with Crippen molar-refractivity contribution in [3.63, 3.8) is 0 Å². The van der Waals surface area contributed by atoms with Gasteiger partial charge < -0.3 is 4.42 Å². The molecule has 0 radical (unpaired) electrons. The number of hydrogen-bond acceptors (Lipinski definition) is 3. The van der Waals surface area contributed by atoms with E-state index in [4.69, 9.17) is 10.2 Å². The van der Waals surface area contributed by atoms with Crippen LogP contribution in [0.4, 0.5) is 0 Å². The Morgan fingerprint density at radius 1 is 1.28 bits per heavy atom. The minimum absolute atomic E-state index is 0.263. The molecule has 1 amide bonds. The maximum absolute atomic E-state index is 11.8. The SMILES string of the molecule is NC1=[N+](NC(=O)c2ccco2)Cc2ccccc21. The van der Waals surface area contributed by atoms with Crippen molar-refractivity contribution >= 4 is 11.7 Å². The van der Waals surface area contributed by atoms with Crippen molar-refractivity contribution < 1.29 is 13.9 Å². The smallest absolute Gasteiger partial charge is 0.321 e. The fourth-order valence-corrected chi connectivity index (χ4v) is 1.99. The average Bonchev–Trinajstić information content (AvgIpc) is 3.00. The third-order valence-corrected chi connectivity index (χ3v) is 2.89. The molecule has 0 spiro atoms. The van der Waals surface area contributed by atoms with Gasteiger partial charge in [-0.1, -0.05) is 18.2 Å². The topological polar surface area (TPSA) is 71.3 Å². The molecule has 0 fully saturated rings. The molecule has 1 aromatic heterocycles. The number of hydrogen-bond donors (Lipinski definition) is 2. The van der Waals surface area contributed by atoms with Crippen molar-refractivity contribution in [2.45, 2.75) is 6.54 Å². The van der Waals surface area contributed by atoms with E-state index in [2.05, 4.69) is 5.43 Å². The number of benzene rings is 1. The monoisotopic (exact) mass is 242 g/mol. The summed E-state index contributed by atoms with van der Waals surface area (Å²) in [6.45, 7) is 0.564. The lowest BCUT2D eigenvalue weighted by atomic mass is 10.1. The van der Waals surface area contributed by atoms with E-state index in [1.165, 1.54) is 6.26 Å². The minimum atomic E-state index is -0.309. The summed E-state index contributed by atoms with van der Waals surface area (Å²) in [4.78, 5) is 11.8. The summed E-state index contributed by atoms with van der Waals surface area (Å²) in [5.41, 5.74) is 10.8. The number of amides is 1. The van der Waals surface area contributed by atoms with Gasteiger partial charge in [-0.15, -0.1) is 0 Å². The number of nitrogens with two attached hydrogens (primary N) is 1. The lowest BCUT2D eigenvalue weighted by molar-refractivity contribution is -0.584. The van der Waals surface area contributed by atoms with E-state index in [0.29, 0.717) is 12.4 Å². The first kappa shape index (κ1) is 10.6. The van der Waals surface area contributed by atoms with E-state index in [-0.39, 0.29) is 11.7 Å². The number of nitrogens with zero attached hydrogens (tertiary/aromatic N) is 1. The van der Waals surface area contributed by atoms with Crippen molar-refractivity contribution in [3.05, 3.63) is 59.5 Å². The lowest BCUT2D eigenvalue weighted by Crippen LogP contribution is -2.38. The molecule has 2 heterocycles. The summed E-state index contributed by atoms with van der Waals surface area (Å²) < 4.78 is 6.65. The van der Waals surface area contributed by atoms with Crippen LogP contribution in [0.5, 0.6) is 0 Å². The summed E-state index contributed by atoms with van der Waals surface area (Å²) in [6.07, 6.45) is 1.46. The first-order valence-electron chi connectivity index (χ1n) is 5.58. The number of hydrazine groups is 1. The molecule has 0 aliphatic carbocycles. The second kappa shape index (κ2) is 4.03. The fraction of sp³-hybridized carbons (Fsp3) is 0.0769. The van der Waals surface area contributed by atoms with Gasteiger partial charge in [0.25, 0.3) is 5.84 Å².